The Hall–Kier alpha value is -2.13. The zero-order valence-corrected chi connectivity index (χ0v) is 22.9. The second-order valence-corrected chi connectivity index (χ2v) is 11.7. The first kappa shape index (κ1) is 26.5. The number of methoxy groups -OCH3 is 1. The predicted molar refractivity (Wildman–Crippen MR) is 140 cm³/mol. The fourth-order valence-corrected chi connectivity index (χ4v) is 5.51. The third-order valence-corrected chi connectivity index (χ3v) is 7.18. The number of amides is 1. The molecule has 0 aliphatic carbocycles. The number of halogens is 2. The minimum atomic E-state index is -0.749. The van der Waals surface area contributed by atoms with E-state index in [1.165, 1.54) is 34.7 Å². The quantitative estimate of drug-likeness (QED) is 0.294. The van der Waals surface area contributed by atoms with Gasteiger partial charge in [0.1, 0.15) is 10.5 Å². The Morgan fingerprint density at radius 2 is 1.85 bits per heavy atom. The van der Waals surface area contributed by atoms with Gasteiger partial charge in [0.25, 0.3) is 0 Å². The average Bonchev–Trinajstić information content (AvgIpc) is 3.36. The van der Waals surface area contributed by atoms with Gasteiger partial charge in [-0.15, -0.1) is 22.7 Å². The zero-order valence-electron chi connectivity index (χ0n) is 19.8. The number of hydrogen-bond donors (Lipinski definition) is 0. The van der Waals surface area contributed by atoms with Crippen LogP contribution in [0.4, 0.5) is 15.6 Å². The predicted octanol–water partition coefficient (Wildman–Crippen LogP) is 8.24. The molecule has 0 saturated heterocycles. The van der Waals surface area contributed by atoms with Gasteiger partial charge in [0.05, 0.1) is 28.5 Å². The van der Waals surface area contributed by atoms with Crippen molar-refractivity contribution in [2.24, 2.45) is 5.92 Å². The molecule has 0 aliphatic heterocycles. The van der Waals surface area contributed by atoms with Crippen LogP contribution in [0.15, 0.2) is 29.6 Å². The summed E-state index contributed by atoms with van der Waals surface area (Å²) in [7, 11) is 1.30. The fraction of sp³-hybridized carbons (Fsp3) is 0.375. The van der Waals surface area contributed by atoms with Crippen molar-refractivity contribution in [3.63, 3.8) is 0 Å². The molecule has 0 saturated carbocycles. The van der Waals surface area contributed by atoms with Crippen molar-refractivity contribution >= 4 is 68.8 Å². The second-order valence-electron chi connectivity index (χ2n) is 8.94. The Balaban J connectivity index is 2.20. The number of esters is 1. The van der Waals surface area contributed by atoms with E-state index < -0.39 is 17.7 Å². The Morgan fingerprint density at radius 3 is 2.44 bits per heavy atom. The van der Waals surface area contributed by atoms with E-state index in [2.05, 4.69) is 13.8 Å². The lowest BCUT2D eigenvalue weighted by Gasteiger charge is -2.25. The molecule has 2 aromatic heterocycles. The van der Waals surface area contributed by atoms with Crippen LogP contribution in [0.2, 0.25) is 10.0 Å². The number of carbonyl (C=O) groups is 2. The van der Waals surface area contributed by atoms with Crippen LogP contribution < -0.4 is 4.90 Å². The van der Waals surface area contributed by atoms with E-state index in [1.54, 1.807) is 44.4 Å². The lowest BCUT2D eigenvalue weighted by molar-refractivity contribution is 0.0598. The van der Waals surface area contributed by atoms with Crippen molar-refractivity contribution in [1.29, 1.82) is 0 Å². The van der Waals surface area contributed by atoms with Crippen molar-refractivity contribution in [3.05, 3.63) is 49.4 Å². The van der Waals surface area contributed by atoms with Gasteiger partial charge in [-0.05, 0) is 56.7 Å². The molecule has 2 heterocycles. The maximum atomic E-state index is 13.4. The third-order valence-electron chi connectivity index (χ3n) is 4.50. The molecular formula is C24H26Cl2N2O4S2. The Kier molecular flexibility index (Phi) is 8.29. The molecule has 0 unspecified atom stereocenters. The molecule has 0 atom stereocenters. The van der Waals surface area contributed by atoms with Gasteiger partial charge in [0.15, 0.2) is 5.13 Å². The van der Waals surface area contributed by atoms with E-state index in [4.69, 9.17) is 37.7 Å². The Morgan fingerprint density at radius 1 is 1.15 bits per heavy atom. The molecule has 0 N–H and O–H groups in total. The number of aromatic nitrogens is 1. The molecular weight excluding hydrogens is 515 g/mol. The largest absolute Gasteiger partial charge is 0.465 e. The van der Waals surface area contributed by atoms with E-state index in [0.29, 0.717) is 32.5 Å². The topological polar surface area (TPSA) is 68.7 Å². The summed E-state index contributed by atoms with van der Waals surface area (Å²) in [6, 6.07) is 7.01. The molecule has 3 rings (SSSR count). The molecule has 34 heavy (non-hydrogen) atoms. The molecule has 6 nitrogen and oxygen atoms in total. The number of thiophene rings is 1. The van der Waals surface area contributed by atoms with Crippen molar-refractivity contribution < 1.29 is 19.1 Å². The van der Waals surface area contributed by atoms with Crippen LogP contribution in [0.1, 0.15) is 49.2 Å². The highest BCUT2D eigenvalue weighted by molar-refractivity contribution is 7.16. The fourth-order valence-electron chi connectivity index (χ4n) is 3.12. The van der Waals surface area contributed by atoms with Crippen LogP contribution in [0.25, 0.3) is 11.3 Å². The summed E-state index contributed by atoms with van der Waals surface area (Å²) >= 11 is 14.9. The first-order chi connectivity index (χ1) is 15.9. The first-order valence-electron chi connectivity index (χ1n) is 10.5. The molecule has 1 amide bonds. The normalized spacial score (nSPS) is 11.6. The number of thiazole rings is 1. The summed E-state index contributed by atoms with van der Waals surface area (Å²) in [6.45, 7) is 9.57. The summed E-state index contributed by atoms with van der Waals surface area (Å²) in [5, 5.41) is 2.97. The van der Waals surface area contributed by atoms with Crippen molar-refractivity contribution in [2.45, 2.75) is 46.6 Å². The Bertz CT molecular complexity index is 1200. The van der Waals surface area contributed by atoms with Gasteiger partial charge in [0.2, 0.25) is 0 Å². The number of rotatable bonds is 6. The van der Waals surface area contributed by atoms with Crippen molar-refractivity contribution in [3.8, 4) is 11.3 Å². The number of carbonyl (C=O) groups excluding carboxylic acids is 2. The highest BCUT2D eigenvalue weighted by atomic mass is 35.5. The summed E-state index contributed by atoms with van der Waals surface area (Å²) in [5.74, 6) is -0.196. The number of hydrogen-bond acceptors (Lipinski definition) is 7. The number of anilines is 2. The van der Waals surface area contributed by atoms with Crippen molar-refractivity contribution in [1.82, 2.24) is 4.98 Å². The lowest BCUT2D eigenvalue weighted by Crippen LogP contribution is -2.34. The first-order valence-corrected chi connectivity index (χ1v) is 13.0. The smallest absolute Gasteiger partial charge is 0.421 e. The molecule has 182 valence electrons. The molecule has 1 aromatic carbocycles. The highest BCUT2D eigenvalue weighted by Crippen LogP contribution is 2.41. The van der Waals surface area contributed by atoms with E-state index in [0.717, 1.165) is 16.9 Å². The van der Waals surface area contributed by atoms with Gasteiger partial charge in [0, 0.05) is 10.4 Å². The average molecular weight is 542 g/mol. The second kappa shape index (κ2) is 10.6. The van der Waals surface area contributed by atoms with Crippen LogP contribution >= 0.6 is 45.9 Å². The van der Waals surface area contributed by atoms with Crippen LogP contribution in [0, 0.1) is 5.92 Å². The molecule has 10 heteroatoms. The van der Waals surface area contributed by atoms with Crippen LogP contribution in [-0.4, -0.2) is 29.8 Å². The molecule has 0 bridgehead atoms. The SMILES string of the molecule is COC(=O)c1sccc1N(C(=O)OC(C)(C)C)c1nc(-c2ccc(Cl)c(Cl)c2)c(CC(C)C)s1. The van der Waals surface area contributed by atoms with Crippen LogP contribution in [0.3, 0.4) is 0 Å². The van der Waals surface area contributed by atoms with E-state index >= 15 is 0 Å². The standard InChI is InChI=1S/C24H26Cl2N2O4S2/c1-13(2)11-18-19(14-7-8-15(25)16(26)12-14)27-22(34-18)28(23(30)32-24(3,4)5)17-9-10-33-20(17)21(29)31-6/h7-10,12-13H,11H2,1-6H3. The van der Waals surface area contributed by atoms with E-state index in [9.17, 15) is 9.59 Å². The summed E-state index contributed by atoms with van der Waals surface area (Å²) < 4.78 is 10.6. The molecule has 0 fully saturated rings. The third kappa shape index (κ3) is 6.10. The minimum Gasteiger partial charge on any atom is -0.465 e. The molecule has 0 aliphatic rings. The van der Waals surface area contributed by atoms with Crippen LogP contribution in [-0.2, 0) is 15.9 Å². The van der Waals surface area contributed by atoms with Crippen molar-refractivity contribution in [2.75, 3.05) is 12.0 Å². The zero-order chi connectivity index (χ0) is 25.2. The highest BCUT2D eigenvalue weighted by Gasteiger charge is 2.32. The summed E-state index contributed by atoms with van der Waals surface area (Å²) in [4.78, 5) is 33.2. The lowest BCUT2D eigenvalue weighted by atomic mass is 10.0. The summed E-state index contributed by atoms with van der Waals surface area (Å²) in [6.07, 6.45) is 0.102. The van der Waals surface area contributed by atoms with Gasteiger partial charge >= 0.3 is 12.1 Å². The monoisotopic (exact) mass is 540 g/mol. The number of benzene rings is 1. The molecule has 0 radical (unpaired) electrons. The summed E-state index contributed by atoms with van der Waals surface area (Å²) in [5.41, 5.74) is 1.10. The number of nitrogens with zero attached hydrogens (tertiary/aromatic N) is 2. The Labute approximate surface area is 217 Å². The molecule has 0 spiro atoms. The molecule has 3 aromatic rings. The maximum absolute atomic E-state index is 13.4. The number of ether oxygens (including phenoxy) is 2. The maximum Gasteiger partial charge on any atom is 0.421 e. The van der Waals surface area contributed by atoms with Gasteiger partial charge in [-0.25, -0.2) is 19.5 Å². The van der Waals surface area contributed by atoms with E-state index in [1.807, 2.05) is 6.07 Å². The van der Waals surface area contributed by atoms with Crippen LogP contribution in [0.5, 0.6) is 0 Å². The van der Waals surface area contributed by atoms with Gasteiger partial charge in [-0.3, -0.25) is 0 Å². The van der Waals surface area contributed by atoms with E-state index in [-0.39, 0.29) is 4.88 Å². The minimum absolute atomic E-state index is 0.282. The van der Waals surface area contributed by atoms with Gasteiger partial charge < -0.3 is 9.47 Å². The van der Waals surface area contributed by atoms with Gasteiger partial charge in [-0.1, -0.05) is 43.1 Å². The van der Waals surface area contributed by atoms with Gasteiger partial charge in [-0.2, -0.15) is 0 Å².